The highest BCUT2D eigenvalue weighted by atomic mass is 16.5. The number of nitrogens with zero attached hydrogens (tertiary/aromatic N) is 1. The van der Waals surface area contributed by atoms with Gasteiger partial charge in [-0.1, -0.05) is 0 Å². The van der Waals surface area contributed by atoms with Crippen molar-refractivity contribution in [1.82, 2.24) is 5.16 Å². The van der Waals surface area contributed by atoms with Crippen LogP contribution in [0.15, 0.2) is 4.52 Å². The minimum atomic E-state index is -1.21. The van der Waals surface area contributed by atoms with Crippen LogP contribution in [0.1, 0.15) is 17.3 Å². The number of hydrogen-bond acceptors (Lipinski definition) is 5. The molecule has 1 rings (SSSR count). The minimum absolute atomic E-state index is 0.0810. The lowest BCUT2D eigenvalue weighted by Gasteiger charge is -1.96. The van der Waals surface area contributed by atoms with Crippen LogP contribution >= 0.6 is 0 Å². The number of ether oxygens (including phenoxy) is 1. The van der Waals surface area contributed by atoms with Gasteiger partial charge in [0.2, 0.25) is 5.88 Å². The van der Waals surface area contributed by atoms with E-state index >= 15 is 0 Å². The van der Waals surface area contributed by atoms with Crippen LogP contribution in [0.3, 0.4) is 0 Å². The second kappa shape index (κ2) is 3.12. The lowest BCUT2D eigenvalue weighted by atomic mass is 10.3. The summed E-state index contributed by atoms with van der Waals surface area (Å²) >= 11 is 0. The van der Waals surface area contributed by atoms with Crippen molar-refractivity contribution in [3.63, 3.8) is 0 Å². The van der Waals surface area contributed by atoms with Gasteiger partial charge in [-0.25, -0.2) is 4.79 Å². The maximum atomic E-state index is 10.5. The second-order valence-corrected chi connectivity index (χ2v) is 1.97. The molecule has 0 atom stereocenters. The standard InChI is InChI=1S/C6H8N2O4/c1-2-11-5-3(6(9)10)4(7)12-8-5/h2,7H2,1H3,(H,9,10). The van der Waals surface area contributed by atoms with Crippen molar-refractivity contribution in [2.75, 3.05) is 12.3 Å². The highest BCUT2D eigenvalue weighted by Gasteiger charge is 2.21. The zero-order valence-corrected chi connectivity index (χ0v) is 6.40. The van der Waals surface area contributed by atoms with E-state index in [1.54, 1.807) is 6.92 Å². The molecule has 0 aliphatic rings. The molecule has 0 radical (unpaired) electrons. The lowest BCUT2D eigenvalue weighted by molar-refractivity contribution is 0.0693. The van der Waals surface area contributed by atoms with Crippen molar-refractivity contribution >= 4 is 11.9 Å². The number of carbonyl (C=O) groups is 1. The Hall–Kier alpha value is -1.72. The lowest BCUT2D eigenvalue weighted by Crippen LogP contribution is -2.03. The molecule has 0 aromatic carbocycles. The smallest absolute Gasteiger partial charge is 0.346 e. The Balaban J connectivity index is 3.04. The molecule has 0 spiro atoms. The summed E-state index contributed by atoms with van der Waals surface area (Å²) in [6.07, 6.45) is 0. The molecular weight excluding hydrogens is 164 g/mol. The van der Waals surface area contributed by atoms with Gasteiger partial charge in [0, 0.05) is 0 Å². The predicted octanol–water partition coefficient (Wildman–Crippen LogP) is 0.354. The van der Waals surface area contributed by atoms with E-state index in [0.29, 0.717) is 6.61 Å². The van der Waals surface area contributed by atoms with Crippen LogP contribution in [0, 0.1) is 0 Å². The number of anilines is 1. The number of aromatic carboxylic acids is 1. The number of nitrogen functional groups attached to an aromatic ring is 1. The van der Waals surface area contributed by atoms with Gasteiger partial charge in [0.1, 0.15) is 0 Å². The average Bonchev–Trinajstić information content (AvgIpc) is 2.32. The molecule has 1 heterocycles. The molecule has 3 N–H and O–H groups in total. The summed E-state index contributed by atoms with van der Waals surface area (Å²) in [4.78, 5) is 10.5. The first-order valence-electron chi connectivity index (χ1n) is 3.28. The molecule has 0 aliphatic carbocycles. The Bertz CT molecular complexity index is 294. The third-order valence-electron chi connectivity index (χ3n) is 1.18. The largest absolute Gasteiger partial charge is 0.477 e. The highest BCUT2D eigenvalue weighted by Crippen LogP contribution is 2.22. The number of rotatable bonds is 3. The number of hydrogen-bond donors (Lipinski definition) is 2. The van der Waals surface area contributed by atoms with E-state index in [4.69, 9.17) is 15.6 Å². The Morgan fingerprint density at radius 2 is 2.50 bits per heavy atom. The summed E-state index contributed by atoms with van der Waals surface area (Å²) in [5.74, 6) is -1.54. The van der Waals surface area contributed by atoms with E-state index < -0.39 is 5.97 Å². The summed E-state index contributed by atoms with van der Waals surface area (Å²) < 4.78 is 9.28. The molecule has 0 aliphatic heterocycles. The molecule has 12 heavy (non-hydrogen) atoms. The molecule has 0 bridgehead atoms. The molecule has 0 unspecified atom stereocenters. The van der Waals surface area contributed by atoms with Crippen LogP contribution in [0.4, 0.5) is 5.88 Å². The van der Waals surface area contributed by atoms with Crippen LogP contribution in [-0.2, 0) is 0 Å². The molecule has 1 aromatic rings. The number of carboxylic acid groups (broad SMARTS) is 1. The highest BCUT2D eigenvalue weighted by molar-refractivity contribution is 5.94. The van der Waals surface area contributed by atoms with Crippen LogP contribution < -0.4 is 10.5 Å². The average molecular weight is 172 g/mol. The van der Waals surface area contributed by atoms with Crippen molar-refractivity contribution in [2.24, 2.45) is 0 Å². The Morgan fingerprint density at radius 1 is 1.83 bits per heavy atom. The molecule has 6 heteroatoms. The maximum absolute atomic E-state index is 10.5. The first-order valence-corrected chi connectivity index (χ1v) is 3.28. The number of carboxylic acids is 1. The summed E-state index contributed by atoms with van der Waals surface area (Å²) in [7, 11) is 0. The van der Waals surface area contributed by atoms with Crippen molar-refractivity contribution in [3.8, 4) is 5.88 Å². The van der Waals surface area contributed by atoms with Crippen LogP contribution in [0.25, 0.3) is 0 Å². The molecule has 0 saturated carbocycles. The van der Waals surface area contributed by atoms with E-state index in [2.05, 4.69) is 9.68 Å². The maximum Gasteiger partial charge on any atom is 0.346 e. The molecule has 6 nitrogen and oxygen atoms in total. The predicted molar refractivity (Wildman–Crippen MR) is 39.0 cm³/mol. The fourth-order valence-corrected chi connectivity index (χ4v) is 0.719. The van der Waals surface area contributed by atoms with Crippen molar-refractivity contribution < 1.29 is 19.2 Å². The zero-order valence-electron chi connectivity index (χ0n) is 6.40. The fourth-order valence-electron chi connectivity index (χ4n) is 0.719. The number of nitrogens with two attached hydrogens (primary N) is 1. The normalized spacial score (nSPS) is 9.75. The quantitative estimate of drug-likeness (QED) is 0.682. The third-order valence-corrected chi connectivity index (χ3v) is 1.18. The molecular formula is C6H8N2O4. The van der Waals surface area contributed by atoms with Gasteiger partial charge in [0.05, 0.1) is 6.61 Å². The number of aromatic nitrogens is 1. The van der Waals surface area contributed by atoms with Gasteiger partial charge in [-0.15, -0.1) is 0 Å². The topological polar surface area (TPSA) is 98.6 Å². The van der Waals surface area contributed by atoms with E-state index in [9.17, 15) is 4.79 Å². The fraction of sp³-hybridized carbons (Fsp3) is 0.333. The summed E-state index contributed by atoms with van der Waals surface area (Å²) in [6.45, 7) is 2.02. The van der Waals surface area contributed by atoms with Crippen LogP contribution in [0.5, 0.6) is 5.88 Å². The van der Waals surface area contributed by atoms with Gasteiger partial charge in [0.25, 0.3) is 5.88 Å². The van der Waals surface area contributed by atoms with Crippen LogP contribution in [-0.4, -0.2) is 22.8 Å². The van der Waals surface area contributed by atoms with Gasteiger partial charge in [-0.3, -0.25) is 0 Å². The monoisotopic (exact) mass is 172 g/mol. The molecule has 1 aromatic heterocycles. The van der Waals surface area contributed by atoms with E-state index in [0.717, 1.165) is 0 Å². The van der Waals surface area contributed by atoms with E-state index in [1.807, 2.05) is 0 Å². The Labute approximate surface area is 67.9 Å². The SMILES string of the molecule is CCOc1noc(N)c1C(=O)O. The van der Waals surface area contributed by atoms with Crippen molar-refractivity contribution in [1.29, 1.82) is 0 Å². The Morgan fingerprint density at radius 3 is 3.00 bits per heavy atom. The van der Waals surface area contributed by atoms with Gasteiger partial charge in [0.15, 0.2) is 5.56 Å². The molecule has 0 saturated heterocycles. The Kier molecular flexibility index (Phi) is 2.18. The van der Waals surface area contributed by atoms with Gasteiger partial charge >= 0.3 is 5.97 Å². The van der Waals surface area contributed by atoms with E-state index in [1.165, 1.54) is 0 Å². The first kappa shape index (κ1) is 8.38. The summed E-state index contributed by atoms with van der Waals surface area (Å²) in [5, 5.41) is 11.9. The van der Waals surface area contributed by atoms with E-state index in [-0.39, 0.29) is 17.3 Å². The van der Waals surface area contributed by atoms with Gasteiger partial charge in [-0.05, 0) is 12.1 Å². The van der Waals surface area contributed by atoms with Crippen molar-refractivity contribution in [2.45, 2.75) is 6.92 Å². The zero-order chi connectivity index (χ0) is 9.14. The van der Waals surface area contributed by atoms with Crippen LogP contribution in [0.2, 0.25) is 0 Å². The van der Waals surface area contributed by atoms with Gasteiger partial charge < -0.3 is 20.1 Å². The minimum Gasteiger partial charge on any atom is -0.477 e. The van der Waals surface area contributed by atoms with Crippen molar-refractivity contribution in [3.05, 3.63) is 5.56 Å². The molecule has 0 fully saturated rings. The summed E-state index contributed by atoms with van der Waals surface area (Å²) in [5.41, 5.74) is 4.96. The third kappa shape index (κ3) is 1.31. The van der Waals surface area contributed by atoms with Gasteiger partial charge in [-0.2, -0.15) is 0 Å². The second-order valence-electron chi connectivity index (χ2n) is 1.97. The molecule has 0 amide bonds. The summed E-state index contributed by atoms with van der Waals surface area (Å²) in [6, 6.07) is 0. The molecule has 66 valence electrons. The first-order chi connectivity index (χ1) is 5.66.